The lowest BCUT2D eigenvalue weighted by atomic mass is 9.98. The molecule has 2 aromatic heterocycles. The summed E-state index contributed by atoms with van der Waals surface area (Å²) in [5.41, 5.74) is 3.60. The van der Waals surface area contributed by atoms with Crippen molar-refractivity contribution < 1.29 is 15.0 Å². The highest BCUT2D eigenvalue weighted by molar-refractivity contribution is 5.93. The maximum Gasteiger partial charge on any atom is 0.345 e. The number of carboxylic acids is 1. The maximum absolute atomic E-state index is 12.3. The summed E-state index contributed by atoms with van der Waals surface area (Å²) in [6.45, 7) is 1.12. The van der Waals surface area contributed by atoms with Gasteiger partial charge in [-0.15, -0.1) is 18.8 Å². The number of hydrogen-bond acceptors (Lipinski definition) is 4. The van der Waals surface area contributed by atoms with Crippen LogP contribution in [0.3, 0.4) is 0 Å². The Morgan fingerprint density at radius 3 is 2.80 bits per heavy atom. The van der Waals surface area contributed by atoms with E-state index in [0.29, 0.717) is 30.8 Å². The summed E-state index contributed by atoms with van der Waals surface area (Å²) in [5.74, 6) is 0.692. The molecule has 0 saturated heterocycles. The normalized spacial score (nSPS) is 12.4. The minimum Gasteiger partial charge on any atom is -0.506 e. The summed E-state index contributed by atoms with van der Waals surface area (Å²) in [7, 11) is 2.00. The van der Waals surface area contributed by atoms with Crippen molar-refractivity contribution in [3.05, 3.63) is 50.9 Å². The van der Waals surface area contributed by atoms with Gasteiger partial charge in [0.2, 0.25) is 0 Å². The molecule has 1 aromatic carbocycles. The summed E-state index contributed by atoms with van der Waals surface area (Å²) >= 11 is 0. The number of aromatic amines is 1. The van der Waals surface area contributed by atoms with E-state index < -0.39 is 22.8 Å². The predicted molar refractivity (Wildman–Crippen MR) is 117 cm³/mol. The van der Waals surface area contributed by atoms with E-state index in [1.165, 1.54) is 0 Å². The molecule has 1 aliphatic carbocycles. The molecule has 156 valence electrons. The smallest absolute Gasteiger partial charge is 0.345 e. The third-order valence-electron chi connectivity index (χ3n) is 5.55. The summed E-state index contributed by atoms with van der Waals surface area (Å²) in [4.78, 5) is 26.4. The number of benzene rings is 1. The van der Waals surface area contributed by atoms with Crippen LogP contribution in [0.4, 0.5) is 0 Å². The fourth-order valence-electron chi connectivity index (χ4n) is 4.11. The van der Waals surface area contributed by atoms with Gasteiger partial charge >= 0.3 is 5.97 Å². The van der Waals surface area contributed by atoms with Gasteiger partial charge in [-0.2, -0.15) is 0 Å². The third kappa shape index (κ3) is 3.45. The molecule has 1 aliphatic rings. The first-order chi connectivity index (χ1) is 13.9. The molecule has 4 rings (SSSR count). The van der Waals surface area contributed by atoms with Gasteiger partial charge in [-0.05, 0) is 43.0 Å². The molecule has 0 saturated carbocycles. The van der Waals surface area contributed by atoms with Crippen LogP contribution in [0.25, 0.3) is 22.2 Å². The number of carbonyl (C=O) groups is 1. The fraction of sp³-hybridized carbons (Fsp3) is 0.273. The number of rotatable bonds is 4. The van der Waals surface area contributed by atoms with E-state index in [4.69, 9.17) is 6.42 Å². The minimum atomic E-state index is -1.43. The minimum absolute atomic E-state index is 0. The quantitative estimate of drug-likeness (QED) is 0.378. The lowest BCUT2D eigenvalue weighted by Crippen LogP contribution is -2.20. The van der Waals surface area contributed by atoms with Gasteiger partial charge in [0, 0.05) is 41.3 Å². The van der Waals surface area contributed by atoms with Crippen molar-refractivity contribution in [2.75, 3.05) is 6.54 Å². The molecule has 0 bridgehead atoms. The fourth-order valence-corrected chi connectivity index (χ4v) is 4.11. The molecule has 3 aromatic rings. The number of hydrogen-bond donors (Lipinski definition) is 4. The first-order valence-corrected chi connectivity index (χ1v) is 9.39. The Labute approximate surface area is 179 Å². The zero-order valence-electron chi connectivity index (χ0n) is 16.4. The SMILES string of the molecule is C#CCNCc1cc2cc3c(cc2n1C)CCCc1c-3[nH]c(=O)c(C(=O)O)c1O.Cl. The number of terminal acetylenes is 1. The van der Waals surface area contributed by atoms with Crippen LogP contribution >= 0.6 is 12.4 Å². The first-order valence-electron chi connectivity index (χ1n) is 9.39. The topological polar surface area (TPSA) is 107 Å². The zero-order valence-corrected chi connectivity index (χ0v) is 17.2. The molecule has 2 heterocycles. The van der Waals surface area contributed by atoms with Crippen LogP contribution in [-0.2, 0) is 26.4 Å². The van der Waals surface area contributed by atoms with Crippen molar-refractivity contribution in [1.82, 2.24) is 14.9 Å². The first kappa shape index (κ1) is 21.5. The van der Waals surface area contributed by atoms with Crippen LogP contribution in [0.5, 0.6) is 5.75 Å². The molecule has 0 atom stereocenters. The van der Waals surface area contributed by atoms with E-state index >= 15 is 0 Å². The number of halogens is 1. The average molecular weight is 428 g/mol. The van der Waals surface area contributed by atoms with Gasteiger partial charge in [0.15, 0.2) is 5.56 Å². The summed E-state index contributed by atoms with van der Waals surface area (Å²) in [6.07, 6.45) is 7.29. The van der Waals surface area contributed by atoms with E-state index in [9.17, 15) is 19.8 Å². The molecule has 8 heteroatoms. The van der Waals surface area contributed by atoms with Crippen LogP contribution in [0.15, 0.2) is 23.0 Å². The Balaban J connectivity index is 0.00000256. The van der Waals surface area contributed by atoms with Crippen LogP contribution in [-0.4, -0.2) is 32.3 Å². The molecule has 4 N–H and O–H groups in total. The van der Waals surface area contributed by atoms with E-state index in [1.54, 1.807) is 0 Å². The highest BCUT2D eigenvalue weighted by Crippen LogP contribution is 2.38. The largest absolute Gasteiger partial charge is 0.506 e. The van der Waals surface area contributed by atoms with Crippen molar-refractivity contribution in [2.24, 2.45) is 7.05 Å². The van der Waals surface area contributed by atoms with Crippen molar-refractivity contribution in [3.8, 4) is 29.4 Å². The molecular weight excluding hydrogens is 406 g/mol. The highest BCUT2D eigenvalue weighted by Gasteiger charge is 2.26. The number of aryl methyl sites for hydroxylation is 2. The van der Waals surface area contributed by atoms with Crippen molar-refractivity contribution in [3.63, 3.8) is 0 Å². The number of fused-ring (bicyclic) bond motifs is 4. The standard InChI is InChI=1S/C22H21N3O4.ClH/c1-3-7-23-11-14-8-13-9-16-12(10-17(13)25(14)2)5-4-6-15-19(16)24-21(27)18(20(15)26)22(28)29;/h1,8-10,23H,4-7,11H2,2H3,(H,28,29)(H2,24,26,27);1H. The zero-order chi connectivity index (χ0) is 20.7. The molecule has 7 nitrogen and oxygen atoms in total. The van der Waals surface area contributed by atoms with Gasteiger partial charge < -0.3 is 25.1 Å². The Hall–Kier alpha value is -3.21. The highest BCUT2D eigenvalue weighted by atomic mass is 35.5. The summed E-state index contributed by atoms with van der Waals surface area (Å²) < 4.78 is 2.11. The maximum atomic E-state index is 12.3. The Kier molecular flexibility index (Phi) is 5.92. The monoisotopic (exact) mass is 427 g/mol. The average Bonchev–Trinajstić information content (AvgIpc) is 2.86. The molecule has 0 radical (unpaired) electrons. The summed E-state index contributed by atoms with van der Waals surface area (Å²) in [5, 5.41) is 24.0. The van der Waals surface area contributed by atoms with Crippen LogP contribution in [0.2, 0.25) is 0 Å². The van der Waals surface area contributed by atoms with Crippen molar-refractivity contribution in [1.29, 1.82) is 0 Å². The predicted octanol–water partition coefficient (Wildman–Crippen LogP) is 2.57. The Morgan fingerprint density at radius 2 is 2.10 bits per heavy atom. The number of pyridine rings is 1. The van der Waals surface area contributed by atoms with E-state index in [-0.39, 0.29) is 12.4 Å². The molecular formula is C22H22ClN3O4. The van der Waals surface area contributed by atoms with Crippen LogP contribution in [0.1, 0.15) is 33.6 Å². The Bertz CT molecular complexity index is 1250. The molecule has 0 fully saturated rings. The lowest BCUT2D eigenvalue weighted by Gasteiger charge is -2.13. The van der Waals surface area contributed by atoms with Gasteiger partial charge in [0.05, 0.1) is 12.2 Å². The molecule has 0 amide bonds. The van der Waals surface area contributed by atoms with E-state index in [2.05, 4.69) is 32.9 Å². The molecule has 30 heavy (non-hydrogen) atoms. The molecule has 0 aliphatic heterocycles. The number of aromatic hydroxyl groups is 1. The third-order valence-corrected chi connectivity index (χ3v) is 5.55. The Morgan fingerprint density at radius 1 is 1.33 bits per heavy atom. The van der Waals surface area contributed by atoms with Crippen molar-refractivity contribution >= 4 is 29.3 Å². The van der Waals surface area contributed by atoms with Gasteiger partial charge in [-0.25, -0.2) is 4.79 Å². The number of nitrogens with one attached hydrogen (secondary N) is 2. The number of nitrogens with zero attached hydrogens (tertiary/aromatic N) is 1. The van der Waals surface area contributed by atoms with E-state index in [1.807, 2.05) is 13.1 Å². The second kappa shape index (κ2) is 8.27. The number of H-pyrrole nitrogens is 1. The number of aromatic nitrogens is 2. The second-order valence-corrected chi connectivity index (χ2v) is 7.26. The van der Waals surface area contributed by atoms with Gasteiger partial charge in [-0.3, -0.25) is 4.79 Å². The summed E-state index contributed by atoms with van der Waals surface area (Å²) in [6, 6.07) is 6.16. The van der Waals surface area contributed by atoms with Gasteiger partial charge in [0.1, 0.15) is 5.75 Å². The molecule has 0 unspecified atom stereocenters. The number of carboxylic acid groups (broad SMARTS) is 1. The molecule has 0 spiro atoms. The van der Waals surface area contributed by atoms with Crippen LogP contribution in [0, 0.1) is 12.3 Å². The van der Waals surface area contributed by atoms with Gasteiger partial charge in [0.25, 0.3) is 5.56 Å². The number of aromatic carboxylic acids is 1. The van der Waals surface area contributed by atoms with E-state index in [0.717, 1.165) is 40.6 Å². The van der Waals surface area contributed by atoms with Crippen molar-refractivity contribution in [2.45, 2.75) is 25.8 Å². The van der Waals surface area contributed by atoms with Gasteiger partial charge in [-0.1, -0.05) is 5.92 Å². The van der Waals surface area contributed by atoms with Crippen LogP contribution < -0.4 is 10.9 Å². The lowest BCUT2D eigenvalue weighted by molar-refractivity contribution is 0.0691. The second-order valence-electron chi connectivity index (χ2n) is 7.26.